The molecule has 0 aliphatic rings. The van der Waals surface area contributed by atoms with E-state index in [-0.39, 0.29) is 5.75 Å². The highest BCUT2D eigenvalue weighted by Gasteiger charge is 2.19. The molecule has 90 valence electrons. The van der Waals surface area contributed by atoms with Gasteiger partial charge in [-0.1, -0.05) is 11.6 Å². The third kappa shape index (κ3) is 2.94. The molecule has 0 aliphatic carbocycles. The standard InChI is InChI=1S/C10H7ClO6/c1-4(12)17-5-2-6(9(13)14)8(11)7(3-5)10(15)16/h2-3H,1H3,(H,13,14)(H,15,16). The summed E-state index contributed by atoms with van der Waals surface area (Å²) in [7, 11) is 0. The van der Waals surface area contributed by atoms with E-state index in [0.717, 1.165) is 19.1 Å². The van der Waals surface area contributed by atoms with Gasteiger partial charge in [0.15, 0.2) is 0 Å². The molecule has 0 amide bonds. The van der Waals surface area contributed by atoms with E-state index in [0.29, 0.717) is 0 Å². The summed E-state index contributed by atoms with van der Waals surface area (Å²) in [4.78, 5) is 32.3. The van der Waals surface area contributed by atoms with Gasteiger partial charge in [-0.3, -0.25) is 4.79 Å². The zero-order valence-corrected chi connectivity index (χ0v) is 9.32. The lowest BCUT2D eigenvalue weighted by molar-refractivity contribution is -0.131. The lowest BCUT2D eigenvalue weighted by Crippen LogP contribution is -2.08. The molecule has 1 aromatic carbocycles. The lowest BCUT2D eigenvalue weighted by atomic mass is 10.1. The predicted octanol–water partition coefficient (Wildman–Crippen LogP) is 1.66. The van der Waals surface area contributed by atoms with E-state index >= 15 is 0 Å². The Morgan fingerprint density at radius 3 is 1.82 bits per heavy atom. The average molecular weight is 259 g/mol. The summed E-state index contributed by atoms with van der Waals surface area (Å²) in [6.45, 7) is 1.11. The highest BCUT2D eigenvalue weighted by molar-refractivity contribution is 6.36. The summed E-state index contributed by atoms with van der Waals surface area (Å²) in [5, 5.41) is 17.2. The molecule has 6 nitrogen and oxygen atoms in total. The van der Waals surface area contributed by atoms with Gasteiger partial charge in [-0.25, -0.2) is 9.59 Å². The number of rotatable bonds is 3. The van der Waals surface area contributed by atoms with Gasteiger partial charge in [-0.15, -0.1) is 0 Å². The molecule has 0 bridgehead atoms. The van der Waals surface area contributed by atoms with Crippen LogP contribution in [0.4, 0.5) is 0 Å². The van der Waals surface area contributed by atoms with E-state index < -0.39 is 34.1 Å². The number of esters is 1. The zero-order valence-electron chi connectivity index (χ0n) is 8.56. The molecule has 0 saturated heterocycles. The fourth-order valence-electron chi connectivity index (χ4n) is 1.13. The third-order valence-corrected chi connectivity index (χ3v) is 2.18. The van der Waals surface area contributed by atoms with Gasteiger partial charge in [0.1, 0.15) is 5.75 Å². The summed E-state index contributed by atoms with van der Waals surface area (Å²) in [6.07, 6.45) is 0. The van der Waals surface area contributed by atoms with Crippen LogP contribution in [0.2, 0.25) is 5.02 Å². The van der Waals surface area contributed by atoms with Crippen LogP contribution in [0.25, 0.3) is 0 Å². The molecule has 0 radical (unpaired) electrons. The molecule has 0 atom stereocenters. The Morgan fingerprint density at radius 1 is 1.12 bits per heavy atom. The average Bonchev–Trinajstić information content (AvgIpc) is 2.18. The van der Waals surface area contributed by atoms with Crippen LogP contribution in [0, 0.1) is 0 Å². The van der Waals surface area contributed by atoms with Crippen LogP contribution in [-0.4, -0.2) is 28.1 Å². The number of benzene rings is 1. The highest BCUT2D eigenvalue weighted by atomic mass is 35.5. The summed E-state index contributed by atoms with van der Waals surface area (Å²) in [6, 6.07) is 1.97. The summed E-state index contributed by atoms with van der Waals surface area (Å²) < 4.78 is 4.63. The minimum atomic E-state index is -1.41. The van der Waals surface area contributed by atoms with Crippen molar-refractivity contribution in [3.05, 3.63) is 28.3 Å². The number of halogens is 1. The third-order valence-electron chi connectivity index (χ3n) is 1.77. The van der Waals surface area contributed by atoms with Crippen LogP contribution < -0.4 is 4.74 Å². The summed E-state index contributed by atoms with van der Waals surface area (Å²) >= 11 is 5.61. The molecule has 7 heteroatoms. The molecule has 0 unspecified atom stereocenters. The van der Waals surface area contributed by atoms with Gasteiger partial charge in [-0.2, -0.15) is 0 Å². The van der Waals surface area contributed by atoms with Crippen molar-refractivity contribution in [1.29, 1.82) is 0 Å². The van der Waals surface area contributed by atoms with E-state index in [1.54, 1.807) is 0 Å². The Hall–Kier alpha value is -2.08. The van der Waals surface area contributed by atoms with E-state index in [2.05, 4.69) is 4.74 Å². The van der Waals surface area contributed by atoms with Crippen LogP contribution in [0.15, 0.2) is 12.1 Å². The highest BCUT2D eigenvalue weighted by Crippen LogP contribution is 2.27. The molecule has 0 aliphatic heterocycles. The zero-order chi connectivity index (χ0) is 13.2. The predicted molar refractivity (Wildman–Crippen MR) is 56.7 cm³/mol. The van der Waals surface area contributed by atoms with Gasteiger partial charge in [0.2, 0.25) is 0 Å². The molecular weight excluding hydrogens is 252 g/mol. The van der Waals surface area contributed by atoms with Crippen molar-refractivity contribution in [3.8, 4) is 5.75 Å². The van der Waals surface area contributed by atoms with E-state index in [1.165, 1.54) is 0 Å². The van der Waals surface area contributed by atoms with Crippen LogP contribution in [0.1, 0.15) is 27.6 Å². The van der Waals surface area contributed by atoms with Crippen molar-refractivity contribution in [2.24, 2.45) is 0 Å². The number of carboxylic acid groups (broad SMARTS) is 2. The number of carbonyl (C=O) groups is 3. The van der Waals surface area contributed by atoms with Gasteiger partial charge >= 0.3 is 17.9 Å². The molecule has 0 saturated carbocycles. The quantitative estimate of drug-likeness (QED) is 0.632. The Labute approximate surface area is 100 Å². The number of hydrogen-bond donors (Lipinski definition) is 2. The molecular formula is C10H7ClO6. The fourth-order valence-corrected chi connectivity index (χ4v) is 1.40. The summed E-state index contributed by atoms with van der Waals surface area (Å²) in [5.74, 6) is -3.70. The normalized spacial score (nSPS) is 9.76. The Bertz CT molecular complexity index is 473. The minimum absolute atomic E-state index is 0.184. The monoisotopic (exact) mass is 258 g/mol. The van der Waals surface area contributed by atoms with E-state index in [4.69, 9.17) is 21.8 Å². The first-order chi connectivity index (χ1) is 7.82. The molecule has 0 aromatic heterocycles. The second-order valence-corrected chi connectivity index (χ2v) is 3.41. The van der Waals surface area contributed by atoms with Crippen LogP contribution >= 0.6 is 11.6 Å². The maximum atomic E-state index is 10.8. The Balaban J connectivity index is 3.41. The van der Waals surface area contributed by atoms with Crippen molar-refractivity contribution >= 4 is 29.5 Å². The Morgan fingerprint density at radius 2 is 1.53 bits per heavy atom. The molecule has 2 N–H and O–H groups in total. The van der Waals surface area contributed by atoms with Crippen molar-refractivity contribution in [3.63, 3.8) is 0 Å². The van der Waals surface area contributed by atoms with Crippen LogP contribution in [0.3, 0.4) is 0 Å². The van der Waals surface area contributed by atoms with Crippen molar-refractivity contribution < 1.29 is 29.3 Å². The second kappa shape index (κ2) is 4.84. The maximum Gasteiger partial charge on any atom is 0.337 e. The lowest BCUT2D eigenvalue weighted by Gasteiger charge is -2.07. The smallest absolute Gasteiger partial charge is 0.337 e. The largest absolute Gasteiger partial charge is 0.478 e. The van der Waals surface area contributed by atoms with Gasteiger partial charge in [0.25, 0.3) is 0 Å². The molecule has 0 spiro atoms. The first-order valence-electron chi connectivity index (χ1n) is 4.31. The maximum absolute atomic E-state index is 10.8. The Kier molecular flexibility index (Phi) is 3.69. The molecule has 0 heterocycles. The van der Waals surface area contributed by atoms with Crippen molar-refractivity contribution in [2.45, 2.75) is 6.92 Å². The number of carboxylic acids is 2. The van der Waals surface area contributed by atoms with Crippen LogP contribution in [-0.2, 0) is 4.79 Å². The molecule has 1 rings (SSSR count). The van der Waals surface area contributed by atoms with E-state index in [1.807, 2.05) is 0 Å². The number of aromatic carboxylic acids is 2. The van der Waals surface area contributed by atoms with Crippen LogP contribution in [0.5, 0.6) is 5.75 Å². The van der Waals surface area contributed by atoms with Gasteiger partial charge < -0.3 is 14.9 Å². The first-order valence-corrected chi connectivity index (χ1v) is 4.69. The topological polar surface area (TPSA) is 101 Å². The van der Waals surface area contributed by atoms with Crippen molar-refractivity contribution in [1.82, 2.24) is 0 Å². The number of hydrogen-bond acceptors (Lipinski definition) is 4. The second-order valence-electron chi connectivity index (χ2n) is 3.04. The SMILES string of the molecule is CC(=O)Oc1cc(C(=O)O)c(Cl)c(C(=O)O)c1. The fraction of sp³-hybridized carbons (Fsp3) is 0.100. The minimum Gasteiger partial charge on any atom is -0.478 e. The van der Waals surface area contributed by atoms with Gasteiger partial charge in [-0.05, 0) is 12.1 Å². The van der Waals surface area contributed by atoms with E-state index in [9.17, 15) is 14.4 Å². The first kappa shape index (κ1) is 13.0. The van der Waals surface area contributed by atoms with Gasteiger partial charge in [0, 0.05) is 6.92 Å². The number of carbonyl (C=O) groups excluding carboxylic acids is 1. The molecule has 1 aromatic rings. The molecule has 0 fully saturated rings. The van der Waals surface area contributed by atoms with Gasteiger partial charge in [0.05, 0.1) is 16.1 Å². The van der Waals surface area contributed by atoms with Crippen molar-refractivity contribution in [2.75, 3.05) is 0 Å². The summed E-state index contributed by atoms with van der Waals surface area (Å²) in [5.41, 5.74) is -0.884. The number of ether oxygens (including phenoxy) is 1. The molecule has 17 heavy (non-hydrogen) atoms.